The highest BCUT2D eigenvalue weighted by molar-refractivity contribution is 5.75. The van der Waals surface area contributed by atoms with Crippen molar-refractivity contribution < 1.29 is 4.74 Å². The van der Waals surface area contributed by atoms with Gasteiger partial charge in [-0.3, -0.25) is 0 Å². The summed E-state index contributed by atoms with van der Waals surface area (Å²) in [6.07, 6.45) is 41.8. The first-order chi connectivity index (χ1) is 28.7. The molecule has 1 spiro atoms. The van der Waals surface area contributed by atoms with E-state index in [9.17, 15) is 5.26 Å². The van der Waals surface area contributed by atoms with Crippen molar-refractivity contribution in [2.45, 2.75) is 68.8 Å². The molecule has 12 rings (SSSR count). The Morgan fingerprint density at radius 2 is 1.57 bits per heavy atom. The van der Waals surface area contributed by atoms with Crippen molar-refractivity contribution in [2.24, 2.45) is 23.7 Å². The second-order valence-corrected chi connectivity index (χ2v) is 17.7. The molecule has 3 aromatic rings. The highest BCUT2D eigenvalue weighted by atomic mass is 16.5. The summed E-state index contributed by atoms with van der Waals surface area (Å²) >= 11 is 0. The Labute approximate surface area is 342 Å². The van der Waals surface area contributed by atoms with Gasteiger partial charge < -0.3 is 4.74 Å². The van der Waals surface area contributed by atoms with E-state index in [0.717, 1.165) is 62.7 Å². The van der Waals surface area contributed by atoms with Crippen molar-refractivity contribution in [1.29, 1.82) is 5.26 Å². The molecule has 2 heteroatoms. The Hall–Kier alpha value is -5.91. The molecule has 0 fully saturated rings. The fourth-order valence-electron chi connectivity index (χ4n) is 12.9. The lowest BCUT2D eigenvalue weighted by Crippen LogP contribution is -2.50. The highest BCUT2D eigenvalue weighted by Gasteiger charge is 2.58. The van der Waals surface area contributed by atoms with Crippen molar-refractivity contribution in [1.82, 2.24) is 0 Å². The van der Waals surface area contributed by atoms with Crippen LogP contribution < -0.4 is 4.74 Å². The lowest BCUT2D eigenvalue weighted by Gasteiger charge is -2.52. The molecule has 0 saturated heterocycles. The first-order valence-electron chi connectivity index (χ1n) is 21.8. The summed E-state index contributed by atoms with van der Waals surface area (Å²) in [5.74, 6) is 2.34. The SMILES string of the molecule is N#CC1=CC2=C(CC1)C1=C(CCC=C1)C21c2ccccc2OC2CCC(C3=C4C=CC=CC4C(c4cc(-c5ccccc5)cc5c4CCC=C5)C4C=CC=CC34)=CC21. The topological polar surface area (TPSA) is 33.0 Å². The van der Waals surface area contributed by atoms with Gasteiger partial charge >= 0.3 is 0 Å². The van der Waals surface area contributed by atoms with Crippen molar-refractivity contribution in [2.75, 3.05) is 0 Å². The van der Waals surface area contributed by atoms with Crippen LogP contribution in [0.15, 0.2) is 190 Å². The minimum Gasteiger partial charge on any atom is -0.489 e. The Balaban J connectivity index is 1.06. The average molecular weight is 750 g/mol. The molecule has 0 aromatic heterocycles. The molecular weight excluding hydrogens is 703 g/mol. The molecule has 282 valence electrons. The van der Waals surface area contributed by atoms with Gasteiger partial charge in [-0.05, 0) is 142 Å². The van der Waals surface area contributed by atoms with Crippen LogP contribution in [0, 0.1) is 35.0 Å². The second kappa shape index (κ2) is 13.3. The number of ether oxygens (including phenoxy) is 1. The van der Waals surface area contributed by atoms with Gasteiger partial charge in [0.1, 0.15) is 11.9 Å². The summed E-state index contributed by atoms with van der Waals surface area (Å²) in [4.78, 5) is 0. The number of fused-ring (bicyclic) bond motifs is 10. The molecule has 1 aliphatic heterocycles. The van der Waals surface area contributed by atoms with E-state index in [4.69, 9.17) is 4.74 Å². The van der Waals surface area contributed by atoms with Crippen LogP contribution in [0.5, 0.6) is 5.75 Å². The van der Waals surface area contributed by atoms with Gasteiger partial charge in [0.25, 0.3) is 0 Å². The van der Waals surface area contributed by atoms with Gasteiger partial charge in [0.15, 0.2) is 0 Å². The third-order valence-electron chi connectivity index (χ3n) is 15.1. The number of nitriles is 1. The summed E-state index contributed by atoms with van der Waals surface area (Å²) in [7, 11) is 0. The number of hydrogen-bond donors (Lipinski definition) is 0. The van der Waals surface area contributed by atoms with Gasteiger partial charge in [-0.25, -0.2) is 0 Å². The third-order valence-corrected chi connectivity index (χ3v) is 15.1. The number of nitrogens with zero attached hydrogens (tertiary/aromatic N) is 1. The minimum atomic E-state index is -0.348. The van der Waals surface area contributed by atoms with Crippen LogP contribution in [0.25, 0.3) is 17.2 Å². The molecule has 3 aromatic carbocycles. The van der Waals surface area contributed by atoms with Crippen LogP contribution in [0.2, 0.25) is 0 Å². The second-order valence-electron chi connectivity index (χ2n) is 17.7. The standard InChI is InChI=1S/C56H47NO/c57-34-35-26-28-42-41-18-10-11-23-48(41)56(50(42)30-35)49-24-12-13-25-52(49)58-53-29-27-38(33-51(53)56)54-43-19-6-8-21-45(43)55(46-22-9-7-20-44(46)54)47-32-39(36-14-2-1-3-15-36)31-37-16-4-5-17-40(37)47/h1-4,6-10,12-16,18-22,24-25,30-33,43,45-46,51,53,55H,5,11,17,23,26-29H2. The number of para-hydroxylation sites is 1. The van der Waals surface area contributed by atoms with Crippen molar-refractivity contribution in [3.8, 4) is 22.9 Å². The van der Waals surface area contributed by atoms with E-state index in [1.807, 2.05) is 0 Å². The van der Waals surface area contributed by atoms with E-state index in [2.05, 4.69) is 158 Å². The monoisotopic (exact) mass is 749 g/mol. The molecule has 7 unspecified atom stereocenters. The smallest absolute Gasteiger partial charge is 0.124 e. The number of allylic oxidation sites excluding steroid dienone is 20. The highest BCUT2D eigenvalue weighted by Crippen LogP contribution is 2.65. The molecule has 8 aliphatic carbocycles. The summed E-state index contributed by atoms with van der Waals surface area (Å²) in [5, 5.41) is 10.3. The minimum absolute atomic E-state index is 0.0587. The summed E-state index contributed by atoms with van der Waals surface area (Å²) in [6, 6.07) is 27.4. The summed E-state index contributed by atoms with van der Waals surface area (Å²) in [6.45, 7) is 0. The number of rotatable bonds is 3. The molecule has 0 N–H and O–H groups in total. The van der Waals surface area contributed by atoms with Crippen LogP contribution in [0.4, 0.5) is 0 Å². The predicted octanol–water partition coefficient (Wildman–Crippen LogP) is 13.0. The van der Waals surface area contributed by atoms with Crippen molar-refractivity contribution in [3.63, 3.8) is 0 Å². The van der Waals surface area contributed by atoms with Gasteiger partial charge in [0, 0.05) is 34.8 Å². The van der Waals surface area contributed by atoms with Crippen LogP contribution in [0.3, 0.4) is 0 Å². The number of benzene rings is 3. The summed E-state index contributed by atoms with van der Waals surface area (Å²) in [5.41, 5.74) is 19.2. The van der Waals surface area contributed by atoms with Gasteiger partial charge in [-0.2, -0.15) is 5.26 Å². The molecule has 58 heavy (non-hydrogen) atoms. The first-order valence-corrected chi connectivity index (χ1v) is 21.8. The van der Waals surface area contributed by atoms with E-state index in [1.54, 1.807) is 5.57 Å². The molecule has 9 aliphatic rings. The van der Waals surface area contributed by atoms with Gasteiger partial charge in [-0.1, -0.05) is 134 Å². The van der Waals surface area contributed by atoms with Crippen LogP contribution in [-0.4, -0.2) is 6.10 Å². The quantitative estimate of drug-likeness (QED) is 0.267. The Morgan fingerprint density at radius 1 is 0.741 bits per heavy atom. The Morgan fingerprint density at radius 3 is 2.50 bits per heavy atom. The predicted molar refractivity (Wildman–Crippen MR) is 235 cm³/mol. The van der Waals surface area contributed by atoms with Crippen LogP contribution in [-0.2, 0) is 11.8 Å². The van der Waals surface area contributed by atoms with Gasteiger partial charge in [0.2, 0.25) is 0 Å². The fraction of sp³-hybridized carbons (Fsp3) is 0.268. The third kappa shape index (κ3) is 4.89. The van der Waals surface area contributed by atoms with Gasteiger partial charge in [0.05, 0.1) is 11.5 Å². The molecule has 7 atom stereocenters. The van der Waals surface area contributed by atoms with E-state index < -0.39 is 0 Å². The Bertz CT molecular complexity index is 2690. The van der Waals surface area contributed by atoms with E-state index in [0.29, 0.717) is 11.8 Å². The van der Waals surface area contributed by atoms with E-state index in [-0.39, 0.29) is 29.3 Å². The first kappa shape index (κ1) is 34.2. The van der Waals surface area contributed by atoms with E-state index in [1.165, 1.54) is 66.8 Å². The largest absolute Gasteiger partial charge is 0.489 e. The molecule has 0 amide bonds. The fourth-order valence-corrected chi connectivity index (χ4v) is 12.9. The van der Waals surface area contributed by atoms with Crippen LogP contribution >= 0.6 is 0 Å². The summed E-state index contributed by atoms with van der Waals surface area (Å²) < 4.78 is 7.09. The van der Waals surface area contributed by atoms with E-state index >= 15 is 0 Å². The molecule has 0 saturated carbocycles. The molecule has 2 nitrogen and oxygen atoms in total. The zero-order valence-corrected chi connectivity index (χ0v) is 32.9. The maximum absolute atomic E-state index is 10.3. The van der Waals surface area contributed by atoms with Gasteiger partial charge in [-0.15, -0.1) is 0 Å². The zero-order valence-electron chi connectivity index (χ0n) is 32.9. The zero-order chi connectivity index (χ0) is 38.4. The maximum atomic E-state index is 10.3. The lowest BCUT2D eigenvalue weighted by atomic mass is 9.54. The molecular formula is C56H47NO. The van der Waals surface area contributed by atoms with Crippen molar-refractivity contribution in [3.05, 3.63) is 213 Å². The Kier molecular flexibility index (Phi) is 7.85. The van der Waals surface area contributed by atoms with Crippen LogP contribution in [0.1, 0.15) is 73.1 Å². The number of hydrogen-bond acceptors (Lipinski definition) is 2. The molecule has 0 radical (unpaired) electrons. The lowest BCUT2D eigenvalue weighted by molar-refractivity contribution is 0.0863. The maximum Gasteiger partial charge on any atom is 0.124 e. The normalized spacial score (nSPS) is 30.7. The molecule has 1 heterocycles. The average Bonchev–Trinajstić information content (AvgIpc) is 3.58. The van der Waals surface area contributed by atoms with Crippen molar-refractivity contribution >= 4 is 6.08 Å². The molecule has 0 bridgehead atoms.